The van der Waals surface area contributed by atoms with Gasteiger partial charge < -0.3 is 9.84 Å². The van der Waals surface area contributed by atoms with Crippen LogP contribution in [0.1, 0.15) is 15.9 Å². The van der Waals surface area contributed by atoms with Crippen LogP contribution in [0.25, 0.3) is 11.4 Å². The van der Waals surface area contributed by atoms with Crippen molar-refractivity contribution >= 4 is 5.97 Å². The summed E-state index contributed by atoms with van der Waals surface area (Å²) in [5.74, 6) is -0.411. The molecule has 0 saturated heterocycles. The molecule has 0 bridgehead atoms. The summed E-state index contributed by atoms with van der Waals surface area (Å²) in [6, 6.07) is 6.70. The molecule has 0 aliphatic rings. The summed E-state index contributed by atoms with van der Waals surface area (Å²) in [6.45, 7) is -0.0527. The smallest absolute Gasteiger partial charge is 0.337 e. The van der Waals surface area contributed by atoms with Crippen molar-refractivity contribution in [2.75, 3.05) is 7.11 Å². The molecule has 0 saturated carbocycles. The van der Waals surface area contributed by atoms with E-state index in [1.807, 2.05) is 0 Å². The lowest BCUT2D eigenvalue weighted by Gasteiger charge is -2.03. The number of rotatable bonds is 3. The zero-order valence-corrected chi connectivity index (χ0v) is 9.83. The molecule has 2 aromatic rings. The normalized spacial score (nSPS) is 10.1. The van der Waals surface area contributed by atoms with Gasteiger partial charge in [-0.3, -0.25) is 9.97 Å². The quantitative estimate of drug-likeness (QED) is 0.827. The molecule has 0 atom stereocenters. The SMILES string of the molecule is COC(=O)c1ccnc(-c2ccc(CO)cn2)c1. The van der Waals surface area contributed by atoms with Crippen LogP contribution in [-0.2, 0) is 11.3 Å². The highest BCUT2D eigenvalue weighted by molar-refractivity contribution is 5.90. The van der Waals surface area contributed by atoms with Gasteiger partial charge in [0.05, 0.1) is 30.7 Å². The van der Waals surface area contributed by atoms with Gasteiger partial charge in [0.25, 0.3) is 0 Å². The van der Waals surface area contributed by atoms with Crippen molar-refractivity contribution in [3.8, 4) is 11.4 Å². The number of ether oxygens (including phenoxy) is 1. The van der Waals surface area contributed by atoms with Crippen molar-refractivity contribution in [3.63, 3.8) is 0 Å². The molecule has 1 N–H and O–H groups in total. The van der Waals surface area contributed by atoms with E-state index in [2.05, 4.69) is 14.7 Å². The Bertz CT molecular complexity index is 552. The van der Waals surface area contributed by atoms with Gasteiger partial charge in [-0.2, -0.15) is 0 Å². The van der Waals surface area contributed by atoms with Gasteiger partial charge in [0, 0.05) is 12.4 Å². The lowest BCUT2D eigenvalue weighted by Crippen LogP contribution is -2.02. The van der Waals surface area contributed by atoms with Gasteiger partial charge in [-0.1, -0.05) is 6.07 Å². The minimum atomic E-state index is -0.411. The fourth-order valence-electron chi connectivity index (χ4n) is 1.48. The molecule has 5 nitrogen and oxygen atoms in total. The lowest BCUT2D eigenvalue weighted by molar-refractivity contribution is 0.0600. The minimum Gasteiger partial charge on any atom is -0.465 e. The van der Waals surface area contributed by atoms with Crippen LogP contribution in [0, 0.1) is 0 Å². The summed E-state index contributed by atoms with van der Waals surface area (Å²) < 4.78 is 4.64. The molecule has 0 aliphatic carbocycles. The van der Waals surface area contributed by atoms with Gasteiger partial charge in [-0.15, -0.1) is 0 Å². The first-order valence-corrected chi connectivity index (χ1v) is 5.35. The Morgan fingerprint density at radius 2 is 2.11 bits per heavy atom. The van der Waals surface area contributed by atoms with Crippen LogP contribution in [0.2, 0.25) is 0 Å². The maximum atomic E-state index is 11.4. The largest absolute Gasteiger partial charge is 0.465 e. The standard InChI is InChI=1S/C13H12N2O3/c1-18-13(17)10-4-5-14-12(6-10)11-3-2-9(8-16)7-15-11/h2-7,16H,8H2,1H3. The Labute approximate surface area is 104 Å². The van der Waals surface area contributed by atoms with Crippen molar-refractivity contribution in [1.29, 1.82) is 0 Å². The zero-order valence-electron chi connectivity index (χ0n) is 9.83. The molecule has 2 aromatic heterocycles. The fraction of sp³-hybridized carbons (Fsp3) is 0.154. The number of hydrogen-bond donors (Lipinski definition) is 1. The van der Waals surface area contributed by atoms with Crippen molar-refractivity contribution in [2.24, 2.45) is 0 Å². The van der Waals surface area contributed by atoms with E-state index < -0.39 is 5.97 Å². The Morgan fingerprint density at radius 1 is 1.28 bits per heavy atom. The highest BCUT2D eigenvalue weighted by Gasteiger charge is 2.08. The van der Waals surface area contributed by atoms with Crippen LogP contribution in [0.3, 0.4) is 0 Å². The van der Waals surface area contributed by atoms with E-state index in [9.17, 15) is 4.79 Å². The van der Waals surface area contributed by atoms with Crippen molar-refractivity contribution < 1.29 is 14.6 Å². The third kappa shape index (κ3) is 2.52. The van der Waals surface area contributed by atoms with E-state index >= 15 is 0 Å². The van der Waals surface area contributed by atoms with Gasteiger partial charge in [0.1, 0.15) is 0 Å². The average molecular weight is 244 g/mol. The third-order valence-corrected chi connectivity index (χ3v) is 2.45. The number of aromatic nitrogens is 2. The highest BCUT2D eigenvalue weighted by atomic mass is 16.5. The van der Waals surface area contributed by atoms with Gasteiger partial charge in [-0.05, 0) is 23.8 Å². The molecule has 2 rings (SSSR count). The van der Waals surface area contributed by atoms with Gasteiger partial charge in [0.2, 0.25) is 0 Å². The van der Waals surface area contributed by atoms with Crippen LogP contribution >= 0.6 is 0 Å². The van der Waals surface area contributed by atoms with E-state index in [1.165, 1.54) is 13.3 Å². The number of aliphatic hydroxyl groups is 1. The second-order valence-corrected chi connectivity index (χ2v) is 3.63. The Hall–Kier alpha value is -2.27. The molecule has 0 unspecified atom stereocenters. The molecular formula is C13H12N2O3. The van der Waals surface area contributed by atoms with Gasteiger partial charge >= 0.3 is 5.97 Å². The highest BCUT2D eigenvalue weighted by Crippen LogP contribution is 2.16. The Morgan fingerprint density at radius 3 is 2.72 bits per heavy atom. The second-order valence-electron chi connectivity index (χ2n) is 3.63. The van der Waals surface area contributed by atoms with Gasteiger partial charge in [0.15, 0.2) is 0 Å². The maximum absolute atomic E-state index is 11.4. The topological polar surface area (TPSA) is 72.3 Å². The number of carbonyl (C=O) groups excluding carboxylic acids is 1. The van der Waals surface area contributed by atoms with Crippen LogP contribution in [0.4, 0.5) is 0 Å². The average Bonchev–Trinajstić information content (AvgIpc) is 2.46. The minimum absolute atomic E-state index is 0.0527. The van der Waals surface area contributed by atoms with Crippen LogP contribution in [0.5, 0.6) is 0 Å². The molecule has 2 heterocycles. The first-order chi connectivity index (χ1) is 8.74. The first-order valence-electron chi connectivity index (χ1n) is 5.35. The number of carbonyl (C=O) groups is 1. The predicted molar refractivity (Wildman–Crippen MR) is 64.7 cm³/mol. The summed E-state index contributed by atoms with van der Waals surface area (Å²) in [7, 11) is 1.33. The van der Waals surface area contributed by atoms with E-state index in [0.717, 1.165) is 5.56 Å². The van der Waals surface area contributed by atoms with E-state index in [4.69, 9.17) is 5.11 Å². The van der Waals surface area contributed by atoms with Crippen molar-refractivity contribution in [2.45, 2.75) is 6.61 Å². The summed E-state index contributed by atoms with van der Waals surface area (Å²) in [4.78, 5) is 19.7. The second kappa shape index (κ2) is 5.37. The number of esters is 1. The summed E-state index contributed by atoms with van der Waals surface area (Å²) >= 11 is 0. The number of aliphatic hydroxyl groups excluding tert-OH is 1. The van der Waals surface area contributed by atoms with Crippen LogP contribution in [-0.4, -0.2) is 28.2 Å². The van der Waals surface area contributed by atoms with Crippen LogP contribution < -0.4 is 0 Å². The summed E-state index contributed by atoms with van der Waals surface area (Å²) in [5.41, 5.74) is 2.37. The Balaban J connectivity index is 2.35. The van der Waals surface area contributed by atoms with Gasteiger partial charge in [-0.25, -0.2) is 4.79 Å². The molecule has 0 aliphatic heterocycles. The van der Waals surface area contributed by atoms with E-state index in [0.29, 0.717) is 17.0 Å². The monoisotopic (exact) mass is 244 g/mol. The zero-order chi connectivity index (χ0) is 13.0. The first kappa shape index (κ1) is 12.2. The van der Waals surface area contributed by atoms with E-state index in [1.54, 1.807) is 30.5 Å². The number of pyridine rings is 2. The molecule has 0 amide bonds. The summed E-state index contributed by atoms with van der Waals surface area (Å²) in [6.07, 6.45) is 3.10. The molecule has 92 valence electrons. The maximum Gasteiger partial charge on any atom is 0.337 e. The molecule has 0 aromatic carbocycles. The molecule has 0 spiro atoms. The molecule has 5 heteroatoms. The van der Waals surface area contributed by atoms with Crippen LogP contribution in [0.15, 0.2) is 36.7 Å². The lowest BCUT2D eigenvalue weighted by atomic mass is 10.1. The summed E-state index contributed by atoms with van der Waals surface area (Å²) in [5, 5.41) is 8.93. The number of hydrogen-bond acceptors (Lipinski definition) is 5. The predicted octanol–water partition coefficient (Wildman–Crippen LogP) is 1.42. The van der Waals surface area contributed by atoms with Crippen molar-refractivity contribution in [3.05, 3.63) is 47.8 Å². The third-order valence-electron chi connectivity index (χ3n) is 2.45. The Kier molecular flexibility index (Phi) is 3.64. The molecule has 18 heavy (non-hydrogen) atoms. The number of methoxy groups -OCH3 is 1. The fourth-order valence-corrected chi connectivity index (χ4v) is 1.48. The van der Waals surface area contributed by atoms with E-state index in [-0.39, 0.29) is 6.61 Å². The molecule has 0 radical (unpaired) electrons. The van der Waals surface area contributed by atoms with Crippen molar-refractivity contribution in [1.82, 2.24) is 9.97 Å². The molecule has 0 fully saturated rings. The molecular weight excluding hydrogens is 232 g/mol. The number of nitrogens with zero attached hydrogens (tertiary/aromatic N) is 2.